The Morgan fingerprint density at radius 1 is 1.38 bits per heavy atom. The number of aryl methyl sites for hydroxylation is 2. The van der Waals surface area contributed by atoms with Crippen molar-refractivity contribution in [3.05, 3.63) is 41.7 Å². The van der Waals surface area contributed by atoms with Gasteiger partial charge in [0.05, 0.1) is 11.4 Å². The lowest BCUT2D eigenvalue weighted by Gasteiger charge is -2.12. The Balaban J connectivity index is 2.10. The van der Waals surface area contributed by atoms with E-state index in [0.717, 1.165) is 11.3 Å². The second-order valence-electron chi connectivity index (χ2n) is 4.58. The maximum absolute atomic E-state index is 12.3. The maximum Gasteiger partial charge on any atom is 0.387 e. The quantitative estimate of drug-likeness (QED) is 0.922. The Morgan fingerprint density at radius 2 is 2.14 bits per heavy atom. The maximum atomic E-state index is 12.3. The molecule has 0 bridgehead atoms. The average Bonchev–Trinajstić information content (AvgIpc) is 2.77. The minimum absolute atomic E-state index is 0.00407. The number of ether oxygens (including phenoxy) is 1. The van der Waals surface area contributed by atoms with Crippen molar-refractivity contribution in [2.45, 2.75) is 27.0 Å². The summed E-state index contributed by atoms with van der Waals surface area (Å²) in [5.74, 6) is -0.441. The summed E-state index contributed by atoms with van der Waals surface area (Å²) in [4.78, 5) is 11.9. The largest absolute Gasteiger partial charge is 0.433 e. The summed E-state index contributed by atoms with van der Waals surface area (Å²) < 4.78 is 30.5. The summed E-state index contributed by atoms with van der Waals surface area (Å²) in [5, 5.41) is 6.64. The van der Waals surface area contributed by atoms with E-state index >= 15 is 0 Å². The van der Waals surface area contributed by atoms with Crippen molar-refractivity contribution in [3.63, 3.8) is 0 Å². The van der Waals surface area contributed by atoms with Crippen LogP contribution in [0.25, 0.3) is 0 Å². The van der Waals surface area contributed by atoms with Gasteiger partial charge in [-0.3, -0.25) is 9.48 Å². The summed E-state index contributed by atoms with van der Waals surface area (Å²) in [6.07, 6.45) is 1.67. The molecule has 21 heavy (non-hydrogen) atoms. The molecular formula is C14H15F2N3O2. The Hall–Kier alpha value is -2.44. The van der Waals surface area contributed by atoms with Crippen molar-refractivity contribution in [1.29, 1.82) is 0 Å². The van der Waals surface area contributed by atoms with E-state index in [-0.39, 0.29) is 23.9 Å². The van der Waals surface area contributed by atoms with Gasteiger partial charge in [0.1, 0.15) is 12.3 Å². The number of nitrogens with zero attached hydrogens (tertiary/aromatic N) is 2. The van der Waals surface area contributed by atoms with Crippen LogP contribution in [0.1, 0.15) is 11.3 Å². The summed E-state index contributed by atoms with van der Waals surface area (Å²) in [7, 11) is 0. The zero-order chi connectivity index (χ0) is 15.4. The predicted octanol–water partition coefficient (Wildman–Crippen LogP) is 2.74. The molecule has 0 unspecified atom stereocenters. The molecule has 0 radical (unpaired) electrons. The predicted molar refractivity (Wildman–Crippen MR) is 73.4 cm³/mol. The number of hydrogen-bond donors (Lipinski definition) is 1. The average molecular weight is 295 g/mol. The van der Waals surface area contributed by atoms with Crippen molar-refractivity contribution in [2.75, 3.05) is 5.32 Å². The van der Waals surface area contributed by atoms with E-state index in [4.69, 9.17) is 0 Å². The Kier molecular flexibility index (Phi) is 4.52. The first-order valence-electron chi connectivity index (χ1n) is 6.29. The van der Waals surface area contributed by atoms with Crippen LogP contribution >= 0.6 is 0 Å². The number of hydrogen-bond acceptors (Lipinski definition) is 3. The molecule has 0 saturated carbocycles. The van der Waals surface area contributed by atoms with E-state index in [0.29, 0.717) is 0 Å². The summed E-state index contributed by atoms with van der Waals surface area (Å²) in [6.45, 7) is 0.648. The molecule has 1 amide bonds. The molecule has 1 heterocycles. The number of amides is 1. The summed E-state index contributed by atoms with van der Waals surface area (Å²) in [6, 6.07) is 6.37. The Morgan fingerprint density at radius 3 is 2.76 bits per heavy atom. The van der Waals surface area contributed by atoms with Crippen LogP contribution < -0.4 is 10.1 Å². The molecule has 5 nitrogen and oxygen atoms in total. The number of benzene rings is 1. The van der Waals surface area contributed by atoms with Crippen LogP contribution in [0.3, 0.4) is 0 Å². The molecule has 2 aromatic rings. The molecular weight excluding hydrogens is 280 g/mol. The van der Waals surface area contributed by atoms with Crippen molar-refractivity contribution in [2.24, 2.45) is 0 Å². The molecule has 7 heteroatoms. The third kappa shape index (κ3) is 4.27. The van der Waals surface area contributed by atoms with Gasteiger partial charge in [-0.2, -0.15) is 13.9 Å². The molecule has 112 valence electrons. The lowest BCUT2D eigenvalue weighted by molar-refractivity contribution is -0.117. The molecule has 1 N–H and O–H groups in total. The van der Waals surface area contributed by atoms with Gasteiger partial charge in [-0.05, 0) is 37.6 Å². The smallest absolute Gasteiger partial charge is 0.387 e. The highest BCUT2D eigenvalue weighted by Crippen LogP contribution is 2.27. The van der Waals surface area contributed by atoms with Gasteiger partial charge in [-0.15, -0.1) is 0 Å². The van der Waals surface area contributed by atoms with E-state index in [1.165, 1.54) is 10.7 Å². The first kappa shape index (κ1) is 15.0. The van der Waals surface area contributed by atoms with Gasteiger partial charge in [0, 0.05) is 6.20 Å². The second kappa shape index (κ2) is 6.34. The number of carbonyl (C=O) groups is 1. The van der Waals surface area contributed by atoms with Crippen LogP contribution in [0.5, 0.6) is 5.75 Å². The number of anilines is 1. The SMILES string of the molecule is Cc1ccc(OC(F)F)c(NC(=O)Cn2ccc(C)n2)c1. The lowest BCUT2D eigenvalue weighted by Crippen LogP contribution is -2.20. The van der Waals surface area contributed by atoms with Crippen LogP contribution in [-0.2, 0) is 11.3 Å². The van der Waals surface area contributed by atoms with Crippen molar-refractivity contribution >= 4 is 11.6 Å². The molecule has 0 aliphatic carbocycles. The van der Waals surface area contributed by atoms with Crippen LogP contribution in [0.15, 0.2) is 30.5 Å². The van der Waals surface area contributed by atoms with E-state index < -0.39 is 6.61 Å². The first-order chi connectivity index (χ1) is 9.94. The van der Waals surface area contributed by atoms with Crippen molar-refractivity contribution in [3.8, 4) is 5.75 Å². The number of alkyl halides is 2. The molecule has 1 aromatic carbocycles. The highest BCUT2D eigenvalue weighted by molar-refractivity contribution is 5.92. The van der Waals surface area contributed by atoms with Crippen LogP contribution in [0, 0.1) is 13.8 Å². The molecule has 0 saturated heterocycles. The minimum atomic E-state index is -2.95. The molecule has 2 rings (SSSR count). The highest BCUT2D eigenvalue weighted by Gasteiger charge is 2.13. The molecule has 0 atom stereocenters. The highest BCUT2D eigenvalue weighted by atomic mass is 19.3. The Labute approximate surface area is 120 Å². The van der Waals surface area contributed by atoms with Gasteiger partial charge in [-0.25, -0.2) is 0 Å². The number of rotatable bonds is 5. The van der Waals surface area contributed by atoms with E-state index in [1.807, 2.05) is 6.92 Å². The van der Waals surface area contributed by atoms with Gasteiger partial charge >= 0.3 is 6.61 Å². The molecule has 0 fully saturated rings. The lowest BCUT2D eigenvalue weighted by atomic mass is 10.2. The van der Waals surface area contributed by atoms with Gasteiger partial charge in [-0.1, -0.05) is 6.07 Å². The zero-order valence-electron chi connectivity index (χ0n) is 11.6. The van der Waals surface area contributed by atoms with Crippen LogP contribution in [0.2, 0.25) is 0 Å². The molecule has 0 aliphatic rings. The number of halogens is 2. The molecule has 0 spiro atoms. The van der Waals surface area contributed by atoms with Crippen LogP contribution in [0.4, 0.5) is 14.5 Å². The van der Waals surface area contributed by atoms with Crippen molar-refractivity contribution < 1.29 is 18.3 Å². The number of aromatic nitrogens is 2. The third-order valence-corrected chi connectivity index (χ3v) is 2.70. The third-order valence-electron chi connectivity index (χ3n) is 2.70. The fraction of sp³-hybridized carbons (Fsp3) is 0.286. The fourth-order valence-corrected chi connectivity index (χ4v) is 1.83. The monoisotopic (exact) mass is 295 g/mol. The van der Waals surface area contributed by atoms with E-state index in [1.54, 1.807) is 31.3 Å². The van der Waals surface area contributed by atoms with E-state index in [2.05, 4.69) is 15.2 Å². The van der Waals surface area contributed by atoms with Gasteiger partial charge in [0.15, 0.2) is 0 Å². The van der Waals surface area contributed by atoms with Crippen LogP contribution in [-0.4, -0.2) is 22.3 Å². The minimum Gasteiger partial charge on any atom is -0.433 e. The van der Waals surface area contributed by atoms with E-state index in [9.17, 15) is 13.6 Å². The normalized spacial score (nSPS) is 10.7. The zero-order valence-corrected chi connectivity index (χ0v) is 11.6. The first-order valence-corrected chi connectivity index (χ1v) is 6.29. The number of carbonyl (C=O) groups excluding carboxylic acids is 1. The second-order valence-corrected chi connectivity index (χ2v) is 4.58. The van der Waals surface area contributed by atoms with Gasteiger partial charge < -0.3 is 10.1 Å². The summed E-state index contributed by atoms with van der Waals surface area (Å²) >= 11 is 0. The topological polar surface area (TPSA) is 56.1 Å². The summed E-state index contributed by atoms with van der Waals surface area (Å²) in [5.41, 5.74) is 1.83. The van der Waals surface area contributed by atoms with Gasteiger partial charge in [0.2, 0.25) is 5.91 Å². The molecule has 0 aliphatic heterocycles. The molecule has 1 aromatic heterocycles. The van der Waals surface area contributed by atoms with Crippen molar-refractivity contribution in [1.82, 2.24) is 9.78 Å². The number of nitrogens with one attached hydrogen (secondary N) is 1. The fourth-order valence-electron chi connectivity index (χ4n) is 1.83. The van der Waals surface area contributed by atoms with Gasteiger partial charge in [0.25, 0.3) is 0 Å². The Bertz CT molecular complexity index is 641. The standard InChI is InChI=1S/C14H15F2N3O2/c1-9-3-4-12(21-14(15)16)11(7-9)17-13(20)8-19-6-5-10(2)18-19/h3-7,14H,8H2,1-2H3,(H,17,20).